The van der Waals surface area contributed by atoms with E-state index in [1.54, 1.807) is 13.8 Å². The van der Waals surface area contributed by atoms with Gasteiger partial charge in [-0.15, -0.1) is 0 Å². The highest BCUT2D eigenvalue weighted by atomic mass is 19.4. The van der Waals surface area contributed by atoms with Crippen molar-refractivity contribution in [1.82, 2.24) is 5.32 Å². The lowest BCUT2D eigenvalue weighted by Crippen LogP contribution is -2.46. The molecule has 0 aliphatic carbocycles. The molecule has 0 heterocycles. The number of carbonyl (C=O) groups excluding carboxylic acids is 2. The average Bonchev–Trinajstić information content (AvgIpc) is 2.41. The van der Waals surface area contributed by atoms with Crippen molar-refractivity contribution in [2.75, 3.05) is 5.32 Å². The highest BCUT2D eigenvalue weighted by Gasteiger charge is 2.37. The molecule has 0 saturated heterocycles. The lowest BCUT2D eigenvalue weighted by molar-refractivity contribution is -0.143. The second-order valence-corrected chi connectivity index (χ2v) is 5.71. The number of anilines is 1. The Morgan fingerprint density at radius 1 is 0.920 bits per heavy atom. The van der Waals surface area contributed by atoms with Gasteiger partial charge in [-0.2, -0.15) is 26.3 Å². The lowest BCUT2D eigenvalue weighted by atomic mass is 10.0. The van der Waals surface area contributed by atoms with Crippen LogP contribution in [0.4, 0.5) is 32.0 Å². The fourth-order valence-corrected chi connectivity index (χ4v) is 2.00. The first kappa shape index (κ1) is 20.8. The van der Waals surface area contributed by atoms with Crippen LogP contribution in [0.5, 0.6) is 0 Å². The van der Waals surface area contributed by atoms with Gasteiger partial charge in [0.05, 0.1) is 11.1 Å². The van der Waals surface area contributed by atoms with E-state index in [0.717, 1.165) is 6.92 Å². The SMILES string of the molecule is CC(=O)N[C@@H](C(=O)Nc1cc(C(F)(F)F)cc(C(F)(F)F)c1)C(C)C. The van der Waals surface area contributed by atoms with Crippen LogP contribution in [0, 0.1) is 5.92 Å². The smallest absolute Gasteiger partial charge is 0.344 e. The number of rotatable bonds is 4. The van der Waals surface area contributed by atoms with Crippen LogP contribution < -0.4 is 10.6 Å². The van der Waals surface area contributed by atoms with Gasteiger partial charge in [-0.3, -0.25) is 9.59 Å². The summed E-state index contributed by atoms with van der Waals surface area (Å²) >= 11 is 0. The van der Waals surface area contributed by atoms with E-state index >= 15 is 0 Å². The molecular formula is C15H16F6N2O2. The minimum absolute atomic E-state index is 0.0383. The van der Waals surface area contributed by atoms with Gasteiger partial charge in [0.2, 0.25) is 11.8 Å². The maximum absolute atomic E-state index is 12.8. The van der Waals surface area contributed by atoms with Gasteiger partial charge in [-0.05, 0) is 24.1 Å². The van der Waals surface area contributed by atoms with E-state index in [0.29, 0.717) is 12.1 Å². The van der Waals surface area contributed by atoms with Crippen LogP contribution in [0.2, 0.25) is 0 Å². The van der Waals surface area contributed by atoms with Gasteiger partial charge in [0, 0.05) is 12.6 Å². The number of halogens is 6. The predicted octanol–water partition coefficient (Wildman–Crippen LogP) is 3.82. The van der Waals surface area contributed by atoms with Crippen LogP contribution >= 0.6 is 0 Å². The first-order valence-electron chi connectivity index (χ1n) is 7.09. The van der Waals surface area contributed by atoms with E-state index in [1.165, 1.54) is 0 Å². The molecule has 0 aromatic heterocycles. The number of hydrogen-bond donors (Lipinski definition) is 2. The fourth-order valence-electron chi connectivity index (χ4n) is 2.00. The summed E-state index contributed by atoms with van der Waals surface area (Å²) in [4.78, 5) is 23.2. The second kappa shape index (κ2) is 7.32. The van der Waals surface area contributed by atoms with Gasteiger partial charge in [0.1, 0.15) is 6.04 Å². The van der Waals surface area contributed by atoms with Gasteiger partial charge >= 0.3 is 12.4 Å². The first-order valence-corrected chi connectivity index (χ1v) is 7.09. The van der Waals surface area contributed by atoms with Crippen LogP contribution in [-0.2, 0) is 21.9 Å². The summed E-state index contributed by atoms with van der Waals surface area (Å²) in [5.74, 6) is -1.91. The third kappa shape index (κ3) is 5.95. The summed E-state index contributed by atoms with van der Waals surface area (Å²) in [6, 6.07) is -0.346. The molecule has 0 fully saturated rings. The first-order chi connectivity index (χ1) is 11.2. The number of hydrogen-bond acceptors (Lipinski definition) is 2. The van der Waals surface area contributed by atoms with E-state index in [4.69, 9.17) is 0 Å². The van der Waals surface area contributed by atoms with E-state index in [2.05, 4.69) is 5.32 Å². The zero-order valence-corrected chi connectivity index (χ0v) is 13.5. The Balaban J connectivity index is 3.23. The van der Waals surface area contributed by atoms with E-state index in [1.807, 2.05) is 5.32 Å². The number of nitrogens with one attached hydrogen (secondary N) is 2. The number of alkyl halides is 6. The molecule has 0 unspecified atom stereocenters. The molecule has 0 saturated carbocycles. The summed E-state index contributed by atoms with van der Waals surface area (Å²) in [5.41, 5.74) is -3.75. The molecule has 4 nitrogen and oxygen atoms in total. The Kier molecular flexibility index (Phi) is 6.09. The molecule has 1 aromatic carbocycles. The Hall–Kier alpha value is -2.26. The molecule has 1 rings (SSSR count). The van der Waals surface area contributed by atoms with Crippen molar-refractivity contribution < 1.29 is 35.9 Å². The Labute approximate surface area is 139 Å². The molecule has 2 N–H and O–H groups in total. The molecule has 10 heteroatoms. The van der Waals surface area contributed by atoms with Crippen molar-refractivity contribution in [3.63, 3.8) is 0 Å². The summed E-state index contributed by atoms with van der Waals surface area (Å²) in [5, 5.41) is 4.29. The van der Waals surface area contributed by atoms with Crippen LogP contribution in [0.1, 0.15) is 31.9 Å². The van der Waals surface area contributed by atoms with Gasteiger partial charge in [0.25, 0.3) is 0 Å². The van der Waals surface area contributed by atoms with Gasteiger partial charge in [-0.25, -0.2) is 0 Å². The van der Waals surface area contributed by atoms with Crippen LogP contribution in [0.3, 0.4) is 0 Å². The zero-order valence-electron chi connectivity index (χ0n) is 13.5. The molecule has 25 heavy (non-hydrogen) atoms. The van der Waals surface area contributed by atoms with Crippen molar-refractivity contribution in [2.45, 2.75) is 39.2 Å². The normalized spacial score (nSPS) is 13.5. The second-order valence-electron chi connectivity index (χ2n) is 5.71. The van der Waals surface area contributed by atoms with Crippen molar-refractivity contribution in [2.24, 2.45) is 5.92 Å². The maximum atomic E-state index is 12.8. The maximum Gasteiger partial charge on any atom is 0.416 e. The monoisotopic (exact) mass is 370 g/mol. The third-order valence-electron chi connectivity index (χ3n) is 3.16. The highest BCUT2D eigenvalue weighted by molar-refractivity contribution is 5.97. The molecule has 0 aliphatic rings. The van der Waals surface area contributed by atoms with Crippen LogP contribution in [0.15, 0.2) is 18.2 Å². The molecule has 2 amide bonds. The van der Waals surface area contributed by atoms with Crippen molar-refractivity contribution in [3.05, 3.63) is 29.3 Å². The third-order valence-corrected chi connectivity index (χ3v) is 3.16. The molecule has 1 aromatic rings. The van der Waals surface area contributed by atoms with Gasteiger partial charge in [-0.1, -0.05) is 13.8 Å². The molecule has 0 radical (unpaired) electrons. The fraction of sp³-hybridized carbons (Fsp3) is 0.467. The molecule has 0 aliphatic heterocycles. The lowest BCUT2D eigenvalue weighted by Gasteiger charge is -2.21. The van der Waals surface area contributed by atoms with Crippen LogP contribution in [0.25, 0.3) is 0 Å². The Morgan fingerprint density at radius 3 is 1.68 bits per heavy atom. The predicted molar refractivity (Wildman–Crippen MR) is 77.5 cm³/mol. The Bertz CT molecular complexity index is 620. The van der Waals surface area contributed by atoms with E-state index in [9.17, 15) is 35.9 Å². The quantitative estimate of drug-likeness (QED) is 0.792. The zero-order chi connectivity index (χ0) is 19.6. The van der Waals surface area contributed by atoms with E-state index in [-0.39, 0.29) is 6.07 Å². The Morgan fingerprint density at radius 2 is 1.36 bits per heavy atom. The summed E-state index contributed by atoms with van der Waals surface area (Å²) < 4.78 is 76.8. The standard InChI is InChI=1S/C15H16F6N2O2/c1-7(2)12(22-8(3)24)13(25)23-11-5-9(14(16,17)18)4-10(6-11)15(19,20)21/h4-7,12H,1-3H3,(H,22,24)(H,23,25)/t12-/m1/s1. The minimum atomic E-state index is -5.02. The number of amides is 2. The van der Waals surface area contributed by atoms with E-state index < -0.39 is 52.9 Å². The summed E-state index contributed by atoms with van der Waals surface area (Å²) in [6.45, 7) is 4.26. The van der Waals surface area contributed by atoms with Crippen molar-refractivity contribution in [3.8, 4) is 0 Å². The van der Waals surface area contributed by atoms with Crippen molar-refractivity contribution >= 4 is 17.5 Å². The highest BCUT2D eigenvalue weighted by Crippen LogP contribution is 2.37. The van der Waals surface area contributed by atoms with Crippen LogP contribution in [-0.4, -0.2) is 17.9 Å². The molecule has 0 bridgehead atoms. The number of benzene rings is 1. The summed E-state index contributed by atoms with van der Waals surface area (Å²) in [6.07, 6.45) is -10.0. The molecule has 140 valence electrons. The molecular weight excluding hydrogens is 354 g/mol. The van der Waals surface area contributed by atoms with Crippen molar-refractivity contribution in [1.29, 1.82) is 0 Å². The van der Waals surface area contributed by atoms with Gasteiger partial charge < -0.3 is 10.6 Å². The topological polar surface area (TPSA) is 58.2 Å². The summed E-state index contributed by atoms with van der Waals surface area (Å²) in [7, 11) is 0. The average molecular weight is 370 g/mol. The molecule has 1 atom stereocenters. The largest absolute Gasteiger partial charge is 0.416 e. The molecule has 0 spiro atoms. The van der Waals surface area contributed by atoms with Gasteiger partial charge in [0.15, 0.2) is 0 Å². The minimum Gasteiger partial charge on any atom is -0.344 e. The number of carbonyl (C=O) groups is 2.